The Morgan fingerprint density at radius 2 is 2.23 bits per heavy atom. The van der Waals surface area contributed by atoms with E-state index in [1.165, 1.54) is 0 Å². The lowest BCUT2D eigenvalue weighted by molar-refractivity contribution is 0.159. The van der Waals surface area contributed by atoms with Gasteiger partial charge in [-0.15, -0.1) is 0 Å². The molecule has 0 fully saturated rings. The Balaban J connectivity index is 2.39. The van der Waals surface area contributed by atoms with Crippen LogP contribution in [-0.2, 0) is 4.74 Å². The van der Waals surface area contributed by atoms with E-state index in [0.717, 1.165) is 11.4 Å². The summed E-state index contributed by atoms with van der Waals surface area (Å²) in [6, 6.07) is 7.81. The monoisotopic (exact) mass is 240 g/mol. The second kappa shape index (κ2) is 3.12. The molecule has 0 saturated carbocycles. The molecule has 3 nitrogen and oxygen atoms in total. The Morgan fingerprint density at radius 1 is 1.46 bits per heavy atom. The first kappa shape index (κ1) is 8.72. The molecule has 1 unspecified atom stereocenters. The van der Waals surface area contributed by atoms with Crippen LogP contribution in [0.25, 0.3) is 0 Å². The third kappa shape index (κ3) is 1.59. The van der Waals surface area contributed by atoms with Crippen molar-refractivity contribution in [1.82, 2.24) is 0 Å². The standard InChI is InChI=1S/C9H9BrN2O/c1-13-9(10)6-11-7-4-2-3-5-8(7)12-9/h2-6,12H,1H3. The van der Waals surface area contributed by atoms with Crippen molar-refractivity contribution in [3.05, 3.63) is 24.3 Å². The van der Waals surface area contributed by atoms with Gasteiger partial charge in [0.15, 0.2) is 0 Å². The molecule has 0 aliphatic carbocycles. The summed E-state index contributed by atoms with van der Waals surface area (Å²) >= 11 is 3.38. The van der Waals surface area contributed by atoms with E-state index in [1.54, 1.807) is 13.3 Å². The van der Waals surface area contributed by atoms with E-state index in [9.17, 15) is 0 Å². The number of hydrogen-bond donors (Lipinski definition) is 1. The van der Waals surface area contributed by atoms with Gasteiger partial charge in [0.05, 0.1) is 17.6 Å². The number of para-hydroxylation sites is 2. The number of hydrogen-bond acceptors (Lipinski definition) is 3. The Morgan fingerprint density at radius 3 is 3.00 bits per heavy atom. The van der Waals surface area contributed by atoms with Crippen LogP contribution in [0.2, 0.25) is 0 Å². The molecule has 1 aromatic rings. The zero-order valence-corrected chi connectivity index (χ0v) is 8.71. The summed E-state index contributed by atoms with van der Waals surface area (Å²) in [4.78, 5) is 4.26. The lowest BCUT2D eigenvalue weighted by Crippen LogP contribution is -2.36. The van der Waals surface area contributed by atoms with E-state index in [0.29, 0.717) is 0 Å². The van der Waals surface area contributed by atoms with Crippen molar-refractivity contribution in [1.29, 1.82) is 0 Å². The summed E-state index contributed by atoms with van der Waals surface area (Å²) in [5, 5.41) is 3.17. The van der Waals surface area contributed by atoms with Gasteiger partial charge in [-0.25, -0.2) is 0 Å². The minimum atomic E-state index is -0.665. The van der Waals surface area contributed by atoms with Crippen LogP contribution in [0.1, 0.15) is 0 Å². The Hall–Kier alpha value is -0.870. The van der Waals surface area contributed by atoms with Crippen LogP contribution < -0.4 is 5.32 Å². The first-order valence-electron chi connectivity index (χ1n) is 3.90. The van der Waals surface area contributed by atoms with Gasteiger partial charge >= 0.3 is 0 Å². The molecule has 0 spiro atoms. The number of nitrogens with zero attached hydrogens (tertiary/aromatic N) is 1. The van der Waals surface area contributed by atoms with E-state index in [2.05, 4.69) is 26.2 Å². The maximum atomic E-state index is 5.19. The Labute approximate surface area is 84.9 Å². The highest BCUT2D eigenvalue weighted by atomic mass is 79.9. The van der Waals surface area contributed by atoms with Crippen molar-refractivity contribution in [2.45, 2.75) is 4.63 Å². The summed E-state index contributed by atoms with van der Waals surface area (Å²) in [5.41, 5.74) is 1.89. The van der Waals surface area contributed by atoms with E-state index in [1.807, 2.05) is 24.3 Å². The first-order valence-corrected chi connectivity index (χ1v) is 4.69. The van der Waals surface area contributed by atoms with Crippen LogP contribution >= 0.6 is 15.9 Å². The van der Waals surface area contributed by atoms with Gasteiger partial charge in [-0.05, 0) is 28.1 Å². The van der Waals surface area contributed by atoms with E-state index in [-0.39, 0.29) is 0 Å². The van der Waals surface area contributed by atoms with E-state index >= 15 is 0 Å². The fraction of sp³-hybridized carbons (Fsp3) is 0.222. The summed E-state index contributed by atoms with van der Waals surface area (Å²) in [6.07, 6.45) is 1.69. The average molecular weight is 241 g/mol. The molecule has 68 valence electrons. The molecule has 13 heavy (non-hydrogen) atoms. The lowest BCUT2D eigenvalue weighted by atomic mass is 10.2. The van der Waals surface area contributed by atoms with Crippen LogP contribution in [-0.4, -0.2) is 18.0 Å². The van der Waals surface area contributed by atoms with Crippen LogP contribution in [0.3, 0.4) is 0 Å². The Kier molecular flexibility index (Phi) is 2.09. The molecule has 0 amide bonds. The quantitative estimate of drug-likeness (QED) is 0.605. The molecule has 1 heterocycles. The molecule has 0 bridgehead atoms. The van der Waals surface area contributed by atoms with Crippen LogP contribution in [0.4, 0.5) is 11.4 Å². The highest BCUT2D eigenvalue weighted by Gasteiger charge is 2.27. The molecular weight excluding hydrogens is 232 g/mol. The predicted octanol–water partition coefficient (Wildman–Crippen LogP) is 2.51. The fourth-order valence-electron chi connectivity index (χ4n) is 1.16. The molecule has 1 aromatic carbocycles. The van der Waals surface area contributed by atoms with Gasteiger partial charge in [-0.1, -0.05) is 12.1 Å². The third-order valence-electron chi connectivity index (χ3n) is 1.88. The molecule has 4 heteroatoms. The van der Waals surface area contributed by atoms with Crippen molar-refractivity contribution in [2.24, 2.45) is 4.99 Å². The Bertz CT molecular complexity index is 353. The van der Waals surface area contributed by atoms with Gasteiger partial charge in [0.25, 0.3) is 0 Å². The molecule has 1 aliphatic heterocycles. The van der Waals surface area contributed by atoms with Gasteiger partial charge in [-0.3, -0.25) is 4.99 Å². The average Bonchev–Trinajstić information content (AvgIpc) is 2.18. The number of anilines is 1. The zero-order valence-electron chi connectivity index (χ0n) is 7.12. The SMILES string of the molecule is COC1(Br)C=Nc2ccccc2N1. The second-order valence-corrected chi connectivity index (χ2v) is 3.93. The van der Waals surface area contributed by atoms with Crippen molar-refractivity contribution in [3.8, 4) is 0 Å². The lowest BCUT2D eigenvalue weighted by Gasteiger charge is -2.27. The van der Waals surface area contributed by atoms with Crippen molar-refractivity contribution < 1.29 is 4.74 Å². The van der Waals surface area contributed by atoms with Gasteiger partial charge in [-0.2, -0.15) is 0 Å². The topological polar surface area (TPSA) is 33.6 Å². The number of fused-ring (bicyclic) bond motifs is 1. The summed E-state index contributed by atoms with van der Waals surface area (Å²) in [5.74, 6) is 0. The number of aliphatic imine (C=N–C) groups is 1. The molecule has 1 aliphatic rings. The smallest absolute Gasteiger partial charge is 0.232 e. The number of ether oxygens (including phenoxy) is 1. The number of methoxy groups -OCH3 is 1. The number of benzene rings is 1. The number of halogens is 1. The van der Waals surface area contributed by atoms with Crippen molar-refractivity contribution in [3.63, 3.8) is 0 Å². The second-order valence-electron chi connectivity index (χ2n) is 2.75. The molecule has 0 aromatic heterocycles. The summed E-state index contributed by atoms with van der Waals surface area (Å²) in [6.45, 7) is 0. The molecule has 1 atom stereocenters. The van der Waals surface area contributed by atoms with Crippen LogP contribution in [0.5, 0.6) is 0 Å². The van der Waals surface area contributed by atoms with E-state index in [4.69, 9.17) is 4.74 Å². The zero-order chi connectivity index (χ0) is 9.31. The predicted molar refractivity (Wildman–Crippen MR) is 56.9 cm³/mol. The maximum Gasteiger partial charge on any atom is 0.232 e. The number of rotatable bonds is 1. The van der Waals surface area contributed by atoms with E-state index < -0.39 is 4.63 Å². The fourth-order valence-corrected chi connectivity index (χ4v) is 1.48. The van der Waals surface area contributed by atoms with Gasteiger partial charge in [0.1, 0.15) is 0 Å². The minimum absolute atomic E-state index is 0.665. The summed E-state index contributed by atoms with van der Waals surface area (Å²) < 4.78 is 4.53. The molecular formula is C9H9BrN2O. The van der Waals surface area contributed by atoms with Crippen LogP contribution in [0.15, 0.2) is 29.3 Å². The first-order chi connectivity index (χ1) is 6.23. The van der Waals surface area contributed by atoms with Crippen molar-refractivity contribution in [2.75, 3.05) is 12.4 Å². The molecule has 0 saturated heterocycles. The summed E-state index contributed by atoms with van der Waals surface area (Å²) in [7, 11) is 1.61. The highest BCUT2D eigenvalue weighted by molar-refractivity contribution is 9.10. The molecule has 0 radical (unpaired) electrons. The highest BCUT2D eigenvalue weighted by Crippen LogP contribution is 2.33. The number of nitrogens with one attached hydrogen (secondary N) is 1. The van der Waals surface area contributed by atoms with Gasteiger partial charge in [0.2, 0.25) is 4.63 Å². The third-order valence-corrected chi connectivity index (χ3v) is 2.60. The molecule has 1 N–H and O–H groups in total. The maximum absolute atomic E-state index is 5.19. The number of alkyl halides is 1. The van der Waals surface area contributed by atoms with Gasteiger partial charge < -0.3 is 10.1 Å². The van der Waals surface area contributed by atoms with Crippen molar-refractivity contribution >= 4 is 33.5 Å². The normalized spacial score (nSPS) is 25.1. The van der Waals surface area contributed by atoms with Gasteiger partial charge in [0, 0.05) is 7.11 Å². The van der Waals surface area contributed by atoms with Crippen LogP contribution in [0, 0.1) is 0 Å². The molecule has 2 rings (SSSR count). The minimum Gasteiger partial charge on any atom is -0.345 e. The largest absolute Gasteiger partial charge is 0.345 e.